The first-order chi connectivity index (χ1) is 7.16. The second-order valence-corrected chi connectivity index (χ2v) is 4.53. The van der Waals surface area contributed by atoms with Gasteiger partial charge in [0.2, 0.25) is 5.78 Å². The van der Waals surface area contributed by atoms with Crippen LogP contribution < -0.4 is 0 Å². The largest absolute Gasteiger partial charge is 0.285 e. The van der Waals surface area contributed by atoms with Crippen molar-refractivity contribution in [2.24, 2.45) is 0 Å². The lowest BCUT2D eigenvalue weighted by Gasteiger charge is -2.02. The molecule has 2 aromatic heterocycles. The van der Waals surface area contributed by atoms with Gasteiger partial charge in [0.15, 0.2) is 0 Å². The molecular weight excluding hydrogens is 186 g/mol. The van der Waals surface area contributed by atoms with Crippen LogP contribution >= 0.6 is 0 Å². The van der Waals surface area contributed by atoms with Crippen LogP contribution in [-0.4, -0.2) is 14.4 Å². The predicted octanol–water partition coefficient (Wildman–Crippen LogP) is 2.53. The maximum atomic E-state index is 4.65. The Morgan fingerprint density at radius 3 is 2.60 bits per heavy atom. The molecule has 15 heavy (non-hydrogen) atoms. The average molecular weight is 201 g/mol. The SMILES string of the molecule is Cc1cc(C)n2c(C)c(C3CC3)nc2n1. The summed E-state index contributed by atoms with van der Waals surface area (Å²) < 4.78 is 2.17. The molecular formula is C12H15N3. The summed E-state index contributed by atoms with van der Waals surface area (Å²) in [6.45, 7) is 6.29. The molecule has 0 aromatic carbocycles. The van der Waals surface area contributed by atoms with Gasteiger partial charge in [-0.25, -0.2) is 9.97 Å². The summed E-state index contributed by atoms with van der Waals surface area (Å²) in [7, 11) is 0. The number of imidazole rings is 1. The first-order valence-corrected chi connectivity index (χ1v) is 5.50. The highest BCUT2D eigenvalue weighted by molar-refractivity contribution is 5.41. The third kappa shape index (κ3) is 1.26. The Kier molecular flexibility index (Phi) is 1.67. The monoisotopic (exact) mass is 201 g/mol. The van der Waals surface area contributed by atoms with Crippen molar-refractivity contribution in [3.05, 3.63) is 28.8 Å². The van der Waals surface area contributed by atoms with Gasteiger partial charge in [-0.15, -0.1) is 0 Å². The summed E-state index contributed by atoms with van der Waals surface area (Å²) in [5, 5.41) is 0. The lowest BCUT2D eigenvalue weighted by molar-refractivity contribution is 0.968. The quantitative estimate of drug-likeness (QED) is 0.709. The smallest absolute Gasteiger partial charge is 0.234 e. The van der Waals surface area contributed by atoms with Gasteiger partial charge < -0.3 is 0 Å². The minimum Gasteiger partial charge on any atom is -0.285 e. The van der Waals surface area contributed by atoms with E-state index in [9.17, 15) is 0 Å². The van der Waals surface area contributed by atoms with Crippen LogP contribution in [0.25, 0.3) is 5.78 Å². The fourth-order valence-corrected chi connectivity index (χ4v) is 2.30. The fourth-order valence-electron chi connectivity index (χ4n) is 2.30. The zero-order valence-electron chi connectivity index (χ0n) is 9.41. The van der Waals surface area contributed by atoms with Gasteiger partial charge in [-0.1, -0.05) is 0 Å². The van der Waals surface area contributed by atoms with Crippen LogP contribution in [0.2, 0.25) is 0 Å². The van der Waals surface area contributed by atoms with Crippen molar-refractivity contribution in [3.63, 3.8) is 0 Å². The number of aryl methyl sites for hydroxylation is 3. The first-order valence-electron chi connectivity index (χ1n) is 5.50. The lowest BCUT2D eigenvalue weighted by Crippen LogP contribution is -1.97. The molecule has 3 nitrogen and oxygen atoms in total. The van der Waals surface area contributed by atoms with Crippen molar-refractivity contribution in [2.75, 3.05) is 0 Å². The van der Waals surface area contributed by atoms with Crippen LogP contribution in [-0.2, 0) is 0 Å². The molecule has 1 aliphatic carbocycles. The topological polar surface area (TPSA) is 30.2 Å². The minimum absolute atomic E-state index is 0.700. The van der Waals surface area contributed by atoms with Crippen molar-refractivity contribution in [3.8, 4) is 0 Å². The molecule has 0 radical (unpaired) electrons. The van der Waals surface area contributed by atoms with E-state index in [0.717, 1.165) is 11.5 Å². The summed E-state index contributed by atoms with van der Waals surface area (Å²) in [4.78, 5) is 9.13. The molecule has 0 atom stereocenters. The van der Waals surface area contributed by atoms with Crippen molar-refractivity contribution in [1.82, 2.24) is 14.4 Å². The number of fused-ring (bicyclic) bond motifs is 1. The highest BCUT2D eigenvalue weighted by atomic mass is 15.1. The molecule has 0 bridgehead atoms. The minimum atomic E-state index is 0.700. The molecule has 3 heteroatoms. The van der Waals surface area contributed by atoms with E-state index in [2.05, 4.69) is 34.3 Å². The van der Waals surface area contributed by atoms with Gasteiger partial charge in [-0.05, 0) is 39.7 Å². The number of hydrogen-bond donors (Lipinski definition) is 0. The predicted molar refractivity (Wildman–Crippen MR) is 59.2 cm³/mol. The Morgan fingerprint density at radius 1 is 1.20 bits per heavy atom. The van der Waals surface area contributed by atoms with Gasteiger partial charge in [0.25, 0.3) is 0 Å². The van der Waals surface area contributed by atoms with E-state index in [1.54, 1.807) is 0 Å². The van der Waals surface area contributed by atoms with E-state index in [-0.39, 0.29) is 0 Å². The molecule has 1 aliphatic rings. The van der Waals surface area contributed by atoms with E-state index < -0.39 is 0 Å². The zero-order chi connectivity index (χ0) is 10.6. The first kappa shape index (κ1) is 8.89. The molecule has 78 valence electrons. The molecule has 2 heterocycles. The van der Waals surface area contributed by atoms with Gasteiger partial charge in [0, 0.05) is 23.0 Å². The van der Waals surface area contributed by atoms with Crippen molar-refractivity contribution in [2.45, 2.75) is 39.5 Å². The number of hydrogen-bond acceptors (Lipinski definition) is 2. The Balaban J connectivity index is 2.34. The van der Waals surface area contributed by atoms with E-state index in [1.165, 1.54) is 29.9 Å². The Hall–Kier alpha value is -1.38. The number of aromatic nitrogens is 3. The third-order valence-corrected chi connectivity index (χ3v) is 3.14. The Bertz CT molecular complexity index is 535. The molecule has 0 N–H and O–H groups in total. The van der Waals surface area contributed by atoms with Gasteiger partial charge in [0.05, 0.1) is 5.69 Å². The second kappa shape index (κ2) is 2.81. The number of nitrogens with zero attached hydrogens (tertiary/aromatic N) is 3. The average Bonchev–Trinajstić information content (AvgIpc) is 2.92. The van der Waals surface area contributed by atoms with Crippen molar-refractivity contribution >= 4 is 5.78 Å². The molecule has 0 unspecified atom stereocenters. The maximum Gasteiger partial charge on any atom is 0.234 e. The highest BCUT2D eigenvalue weighted by Crippen LogP contribution is 2.41. The van der Waals surface area contributed by atoms with Crippen LogP contribution in [0, 0.1) is 20.8 Å². The van der Waals surface area contributed by atoms with Crippen LogP contribution in [0.1, 0.15) is 41.5 Å². The van der Waals surface area contributed by atoms with Gasteiger partial charge >= 0.3 is 0 Å². The normalized spacial score (nSPS) is 16.2. The van der Waals surface area contributed by atoms with E-state index in [4.69, 9.17) is 0 Å². The van der Waals surface area contributed by atoms with E-state index >= 15 is 0 Å². The summed E-state index contributed by atoms with van der Waals surface area (Å²) in [5.41, 5.74) is 4.82. The molecule has 0 amide bonds. The van der Waals surface area contributed by atoms with Crippen LogP contribution in [0.4, 0.5) is 0 Å². The zero-order valence-corrected chi connectivity index (χ0v) is 9.41. The van der Waals surface area contributed by atoms with Crippen LogP contribution in [0.15, 0.2) is 6.07 Å². The summed E-state index contributed by atoms with van der Waals surface area (Å²) in [6, 6.07) is 2.11. The molecule has 3 rings (SSSR count). The van der Waals surface area contributed by atoms with Gasteiger partial charge in [0.1, 0.15) is 0 Å². The van der Waals surface area contributed by atoms with Crippen LogP contribution in [0.5, 0.6) is 0 Å². The van der Waals surface area contributed by atoms with Gasteiger partial charge in [-0.2, -0.15) is 0 Å². The summed E-state index contributed by atoms with van der Waals surface area (Å²) >= 11 is 0. The van der Waals surface area contributed by atoms with Crippen molar-refractivity contribution in [1.29, 1.82) is 0 Å². The molecule has 0 aliphatic heterocycles. The molecule has 0 saturated heterocycles. The fraction of sp³-hybridized carbons (Fsp3) is 0.500. The van der Waals surface area contributed by atoms with Crippen molar-refractivity contribution < 1.29 is 0 Å². The molecule has 2 aromatic rings. The van der Waals surface area contributed by atoms with E-state index in [1.807, 2.05) is 6.92 Å². The van der Waals surface area contributed by atoms with E-state index in [0.29, 0.717) is 5.92 Å². The Labute approximate surface area is 89.2 Å². The van der Waals surface area contributed by atoms with Crippen LogP contribution in [0.3, 0.4) is 0 Å². The summed E-state index contributed by atoms with van der Waals surface area (Å²) in [5.74, 6) is 1.57. The third-order valence-electron chi connectivity index (χ3n) is 3.14. The Morgan fingerprint density at radius 2 is 1.93 bits per heavy atom. The van der Waals surface area contributed by atoms with Gasteiger partial charge in [-0.3, -0.25) is 4.40 Å². The highest BCUT2D eigenvalue weighted by Gasteiger charge is 2.29. The maximum absolute atomic E-state index is 4.65. The molecule has 1 saturated carbocycles. The molecule has 0 spiro atoms. The second-order valence-electron chi connectivity index (χ2n) is 4.53. The number of rotatable bonds is 1. The molecule has 1 fully saturated rings. The standard InChI is InChI=1S/C12H15N3/c1-7-6-8(2)15-9(3)11(10-4-5-10)14-12(15)13-7/h6,10H,4-5H2,1-3H3. The lowest BCUT2D eigenvalue weighted by atomic mass is 10.2. The summed E-state index contributed by atoms with van der Waals surface area (Å²) in [6.07, 6.45) is 2.59.